The molecule has 1 fully saturated rings. The minimum absolute atomic E-state index is 0.00142. The normalized spacial score (nSPS) is 28.9. The number of fused-ring (bicyclic) bond motifs is 2. The van der Waals surface area contributed by atoms with Crippen LogP contribution >= 0.6 is 0 Å². The van der Waals surface area contributed by atoms with Crippen molar-refractivity contribution >= 4 is 17.6 Å². The van der Waals surface area contributed by atoms with E-state index < -0.39 is 17.8 Å². The molecule has 3 rings (SSSR count). The second kappa shape index (κ2) is 5.27. The van der Waals surface area contributed by atoms with Gasteiger partial charge in [-0.05, 0) is 50.2 Å². The van der Waals surface area contributed by atoms with Crippen molar-refractivity contribution in [1.82, 2.24) is 0 Å². The average molecular weight is 299 g/mol. The fraction of sp³-hybridized carbons (Fsp3) is 0.444. The Hall–Kier alpha value is -2.10. The number of anilines is 1. The number of aliphatic carboxylic acids is 1. The van der Waals surface area contributed by atoms with Crippen LogP contribution in [-0.4, -0.2) is 17.0 Å². The molecule has 1 aromatic carbocycles. The van der Waals surface area contributed by atoms with Crippen LogP contribution in [0.3, 0.4) is 0 Å². The number of rotatable bonds is 3. The van der Waals surface area contributed by atoms with Gasteiger partial charge in [-0.15, -0.1) is 0 Å². The zero-order chi connectivity index (χ0) is 16.0. The molecule has 2 N–H and O–H groups in total. The van der Waals surface area contributed by atoms with Gasteiger partial charge in [0.2, 0.25) is 5.91 Å². The van der Waals surface area contributed by atoms with E-state index in [0.717, 1.165) is 28.8 Å². The first-order valence-electron chi connectivity index (χ1n) is 7.68. The molecule has 0 aromatic heterocycles. The first-order valence-corrected chi connectivity index (χ1v) is 7.68. The molecular weight excluding hydrogens is 278 g/mol. The van der Waals surface area contributed by atoms with Crippen molar-refractivity contribution in [1.29, 1.82) is 0 Å². The van der Waals surface area contributed by atoms with Crippen LogP contribution in [0, 0.1) is 44.4 Å². The molecule has 0 aliphatic heterocycles. The Labute approximate surface area is 130 Å². The number of benzene rings is 1. The monoisotopic (exact) mass is 299 g/mol. The number of carbonyl (C=O) groups is 2. The third-order valence-corrected chi connectivity index (χ3v) is 4.97. The van der Waals surface area contributed by atoms with Crippen LogP contribution in [0.25, 0.3) is 0 Å². The summed E-state index contributed by atoms with van der Waals surface area (Å²) in [5, 5.41) is 12.4. The molecule has 2 bridgehead atoms. The van der Waals surface area contributed by atoms with Crippen molar-refractivity contribution in [2.75, 3.05) is 5.32 Å². The number of allylic oxidation sites excluding steroid dienone is 2. The molecule has 0 saturated heterocycles. The van der Waals surface area contributed by atoms with Crippen molar-refractivity contribution in [3.8, 4) is 0 Å². The van der Waals surface area contributed by atoms with Crippen LogP contribution < -0.4 is 5.32 Å². The van der Waals surface area contributed by atoms with Crippen molar-refractivity contribution in [3.63, 3.8) is 0 Å². The molecule has 1 aromatic rings. The van der Waals surface area contributed by atoms with Crippen molar-refractivity contribution in [2.45, 2.75) is 27.2 Å². The number of aryl methyl sites for hydroxylation is 3. The van der Waals surface area contributed by atoms with Crippen LogP contribution in [0.5, 0.6) is 0 Å². The summed E-state index contributed by atoms with van der Waals surface area (Å²) in [4.78, 5) is 24.2. The van der Waals surface area contributed by atoms with E-state index in [9.17, 15) is 14.7 Å². The van der Waals surface area contributed by atoms with Crippen LogP contribution in [0.2, 0.25) is 0 Å². The van der Waals surface area contributed by atoms with Gasteiger partial charge in [0.1, 0.15) is 0 Å². The first-order chi connectivity index (χ1) is 10.4. The van der Waals surface area contributed by atoms with Gasteiger partial charge in [0.15, 0.2) is 0 Å². The summed E-state index contributed by atoms with van der Waals surface area (Å²) in [6.07, 6.45) is 4.74. The number of carboxylic acid groups (broad SMARTS) is 1. The van der Waals surface area contributed by atoms with Crippen molar-refractivity contribution in [2.24, 2.45) is 23.7 Å². The molecule has 116 valence electrons. The van der Waals surface area contributed by atoms with E-state index in [0.29, 0.717) is 0 Å². The largest absolute Gasteiger partial charge is 0.481 e. The summed E-state index contributed by atoms with van der Waals surface area (Å²) in [5.74, 6) is -2.04. The molecule has 0 radical (unpaired) electrons. The van der Waals surface area contributed by atoms with Gasteiger partial charge in [0.05, 0.1) is 11.8 Å². The third-order valence-electron chi connectivity index (χ3n) is 4.97. The number of hydrogen-bond acceptors (Lipinski definition) is 2. The predicted octanol–water partition coefficient (Wildman–Crippen LogP) is 3.07. The van der Waals surface area contributed by atoms with E-state index in [1.807, 2.05) is 45.1 Å². The smallest absolute Gasteiger partial charge is 0.307 e. The fourth-order valence-electron chi connectivity index (χ4n) is 4.10. The molecule has 22 heavy (non-hydrogen) atoms. The number of carbonyl (C=O) groups excluding carboxylic acids is 1. The molecular formula is C18H21NO3. The first kappa shape index (κ1) is 14.8. The Morgan fingerprint density at radius 1 is 1.05 bits per heavy atom. The highest BCUT2D eigenvalue weighted by molar-refractivity contribution is 5.97. The lowest BCUT2D eigenvalue weighted by Crippen LogP contribution is -2.36. The van der Waals surface area contributed by atoms with Crippen LogP contribution in [0.4, 0.5) is 5.69 Å². The second-order valence-corrected chi connectivity index (χ2v) is 6.60. The lowest BCUT2D eigenvalue weighted by molar-refractivity contribution is -0.146. The highest BCUT2D eigenvalue weighted by atomic mass is 16.4. The summed E-state index contributed by atoms with van der Waals surface area (Å²) in [6, 6.07) is 4.05. The molecule has 4 nitrogen and oxygen atoms in total. The maximum atomic E-state index is 12.7. The molecule has 2 aliphatic carbocycles. The number of nitrogens with one attached hydrogen (secondary N) is 1. The Balaban J connectivity index is 1.86. The Bertz CT molecular complexity index is 654. The Morgan fingerprint density at radius 3 is 2.14 bits per heavy atom. The molecule has 0 unspecified atom stereocenters. The summed E-state index contributed by atoms with van der Waals surface area (Å²) >= 11 is 0. The van der Waals surface area contributed by atoms with E-state index in [1.165, 1.54) is 0 Å². The van der Waals surface area contributed by atoms with E-state index in [1.54, 1.807) is 0 Å². The summed E-state index contributed by atoms with van der Waals surface area (Å²) < 4.78 is 0. The quantitative estimate of drug-likeness (QED) is 0.843. The zero-order valence-corrected chi connectivity index (χ0v) is 13.1. The number of hydrogen-bond donors (Lipinski definition) is 2. The molecule has 1 saturated carbocycles. The van der Waals surface area contributed by atoms with E-state index >= 15 is 0 Å². The van der Waals surface area contributed by atoms with Gasteiger partial charge >= 0.3 is 5.97 Å². The van der Waals surface area contributed by atoms with Gasteiger partial charge in [-0.3, -0.25) is 9.59 Å². The Morgan fingerprint density at radius 2 is 1.59 bits per heavy atom. The summed E-state index contributed by atoms with van der Waals surface area (Å²) in [6.45, 7) is 5.95. The number of amides is 1. The lowest BCUT2D eigenvalue weighted by Gasteiger charge is -2.24. The van der Waals surface area contributed by atoms with Gasteiger partial charge in [-0.1, -0.05) is 29.8 Å². The summed E-state index contributed by atoms with van der Waals surface area (Å²) in [7, 11) is 0. The molecule has 4 atom stereocenters. The topological polar surface area (TPSA) is 66.4 Å². The molecule has 1 amide bonds. The lowest BCUT2D eigenvalue weighted by atomic mass is 9.82. The minimum atomic E-state index is -0.866. The highest BCUT2D eigenvalue weighted by Crippen LogP contribution is 2.48. The molecule has 0 spiro atoms. The molecule has 0 heterocycles. The maximum absolute atomic E-state index is 12.7. The van der Waals surface area contributed by atoms with Crippen LogP contribution in [-0.2, 0) is 9.59 Å². The van der Waals surface area contributed by atoms with Crippen molar-refractivity contribution in [3.05, 3.63) is 41.0 Å². The van der Waals surface area contributed by atoms with E-state index in [4.69, 9.17) is 0 Å². The van der Waals surface area contributed by atoms with Crippen molar-refractivity contribution < 1.29 is 14.7 Å². The second-order valence-electron chi connectivity index (χ2n) is 6.60. The average Bonchev–Trinajstić information content (AvgIpc) is 3.02. The van der Waals surface area contributed by atoms with Gasteiger partial charge in [-0.25, -0.2) is 0 Å². The van der Waals surface area contributed by atoms with Crippen LogP contribution in [0.1, 0.15) is 23.1 Å². The van der Waals surface area contributed by atoms with Gasteiger partial charge in [-0.2, -0.15) is 0 Å². The summed E-state index contributed by atoms with van der Waals surface area (Å²) in [5.41, 5.74) is 3.98. The minimum Gasteiger partial charge on any atom is -0.481 e. The standard InChI is InChI=1S/C18H21NO3/c1-9-6-10(2)16(11(3)7-9)19-17(20)14-12-4-5-13(8-12)15(14)18(21)22/h4-7,12-15H,8H2,1-3H3,(H,19,20)(H,21,22)/t12-,13-,14+,15+/m0/s1. The number of carboxylic acids is 1. The van der Waals surface area contributed by atoms with Gasteiger partial charge in [0.25, 0.3) is 0 Å². The highest BCUT2D eigenvalue weighted by Gasteiger charge is 2.51. The molecule has 4 heteroatoms. The molecule has 2 aliphatic rings. The van der Waals surface area contributed by atoms with Gasteiger partial charge < -0.3 is 10.4 Å². The maximum Gasteiger partial charge on any atom is 0.307 e. The van der Waals surface area contributed by atoms with E-state index in [-0.39, 0.29) is 17.7 Å². The zero-order valence-electron chi connectivity index (χ0n) is 13.1. The van der Waals surface area contributed by atoms with Crippen LogP contribution in [0.15, 0.2) is 24.3 Å². The SMILES string of the molecule is Cc1cc(C)c(NC(=O)[C@H]2[C@H](C(=O)O)[C@H]3C=C[C@H]2C3)c(C)c1. The van der Waals surface area contributed by atoms with Gasteiger partial charge in [0, 0.05) is 5.69 Å². The third kappa shape index (κ3) is 2.32. The van der Waals surface area contributed by atoms with E-state index in [2.05, 4.69) is 5.32 Å². The predicted molar refractivity (Wildman–Crippen MR) is 84.6 cm³/mol. The Kier molecular flexibility index (Phi) is 3.55. The fourth-order valence-corrected chi connectivity index (χ4v) is 4.10.